The molecule has 23 heavy (non-hydrogen) atoms. The van der Waals surface area contributed by atoms with Crippen LogP contribution in [0.15, 0.2) is 39.6 Å². The van der Waals surface area contributed by atoms with Gasteiger partial charge in [0.15, 0.2) is 0 Å². The van der Waals surface area contributed by atoms with E-state index < -0.39 is 15.6 Å². The first-order valence-corrected chi connectivity index (χ1v) is 9.02. The maximum Gasteiger partial charge on any atom is 0.240 e. The van der Waals surface area contributed by atoms with Crippen LogP contribution in [-0.2, 0) is 22.0 Å². The van der Waals surface area contributed by atoms with Gasteiger partial charge in [0.1, 0.15) is 17.1 Å². The molecule has 2 rings (SSSR count). The van der Waals surface area contributed by atoms with Crippen molar-refractivity contribution in [3.05, 3.63) is 53.0 Å². The summed E-state index contributed by atoms with van der Waals surface area (Å²) in [7, 11) is -3.68. The molecule has 0 aliphatic rings. The van der Waals surface area contributed by atoms with Crippen molar-refractivity contribution < 1.29 is 17.9 Å². The molecule has 5 nitrogen and oxygen atoms in total. The van der Waals surface area contributed by atoms with E-state index >= 15 is 0 Å². The number of furan rings is 1. The molecule has 1 atom stereocenters. The molecule has 0 aliphatic carbocycles. The van der Waals surface area contributed by atoms with Crippen LogP contribution >= 0.6 is 0 Å². The molecule has 0 amide bonds. The monoisotopic (exact) mass is 337 g/mol. The Bertz CT molecular complexity index is 791. The number of aryl methyl sites for hydroxylation is 3. The molecule has 0 radical (unpaired) electrons. The van der Waals surface area contributed by atoms with Crippen molar-refractivity contribution in [2.24, 2.45) is 0 Å². The highest BCUT2D eigenvalue weighted by atomic mass is 32.2. The van der Waals surface area contributed by atoms with Gasteiger partial charge in [0.05, 0.1) is 4.90 Å². The molecule has 1 aromatic heterocycles. The lowest BCUT2D eigenvalue weighted by molar-refractivity contribution is 0.0612. The lowest BCUT2D eigenvalue weighted by Crippen LogP contribution is -2.38. The number of nitrogens with one attached hydrogen (secondary N) is 1. The van der Waals surface area contributed by atoms with Crippen molar-refractivity contribution in [2.75, 3.05) is 6.54 Å². The molecule has 0 fully saturated rings. The Labute approximate surface area is 137 Å². The van der Waals surface area contributed by atoms with Crippen LogP contribution in [0.4, 0.5) is 0 Å². The van der Waals surface area contributed by atoms with Crippen LogP contribution in [0, 0.1) is 13.8 Å². The summed E-state index contributed by atoms with van der Waals surface area (Å²) < 4.78 is 32.7. The minimum absolute atomic E-state index is 0.133. The van der Waals surface area contributed by atoms with Gasteiger partial charge in [-0.05, 0) is 51.0 Å². The average Bonchev–Trinajstić information content (AvgIpc) is 2.85. The highest BCUT2D eigenvalue weighted by molar-refractivity contribution is 7.89. The molecule has 1 unspecified atom stereocenters. The molecule has 6 heteroatoms. The molecule has 1 aromatic carbocycles. The molecule has 0 aliphatic heterocycles. The van der Waals surface area contributed by atoms with E-state index in [1.165, 1.54) is 0 Å². The minimum atomic E-state index is -3.68. The highest BCUT2D eigenvalue weighted by Crippen LogP contribution is 2.27. The van der Waals surface area contributed by atoms with Gasteiger partial charge in [-0.3, -0.25) is 0 Å². The van der Waals surface area contributed by atoms with E-state index in [1.54, 1.807) is 45.0 Å². The molecule has 2 N–H and O–H groups in total. The van der Waals surface area contributed by atoms with Crippen molar-refractivity contribution in [1.29, 1.82) is 0 Å². The molecule has 1 heterocycles. The standard InChI is InChI=1S/C17H23NO4S/c1-5-14-7-6-8-15(10-14)23(20,21)18-11-17(4,19)16-9-12(2)22-13(16)3/h6-10,18-19H,5,11H2,1-4H3. The molecule has 0 saturated heterocycles. The topological polar surface area (TPSA) is 79.5 Å². The van der Waals surface area contributed by atoms with Crippen molar-refractivity contribution in [3.63, 3.8) is 0 Å². The highest BCUT2D eigenvalue weighted by Gasteiger charge is 2.29. The maximum atomic E-state index is 12.4. The van der Waals surface area contributed by atoms with Crippen molar-refractivity contribution in [2.45, 2.75) is 44.6 Å². The molecule has 0 bridgehead atoms. The molecule has 0 saturated carbocycles. The van der Waals surface area contributed by atoms with Crippen LogP contribution in [0.5, 0.6) is 0 Å². The fourth-order valence-electron chi connectivity index (χ4n) is 2.51. The van der Waals surface area contributed by atoms with Gasteiger partial charge in [-0.2, -0.15) is 0 Å². The minimum Gasteiger partial charge on any atom is -0.466 e. The van der Waals surface area contributed by atoms with Crippen LogP contribution in [-0.4, -0.2) is 20.1 Å². The summed E-state index contributed by atoms with van der Waals surface area (Å²) in [5, 5.41) is 10.6. The summed E-state index contributed by atoms with van der Waals surface area (Å²) in [5.41, 5.74) is 0.179. The first-order chi connectivity index (χ1) is 10.7. The Morgan fingerprint density at radius 2 is 1.96 bits per heavy atom. The molecule has 126 valence electrons. The second-order valence-corrected chi connectivity index (χ2v) is 7.69. The van der Waals surface area contributed by atoms with Crippen LogP contribution in [0.25, 0.3) is 0 Å². The average molecular weight is 337 g/mol. The third kappa shape index (κ3) is 4.02. The second-order valence-electron chi connectivity index (χ2n) is 5.93. The third-order valence-corrected chi connectivity index (χ3v) is 5.24. The van der Waals surface area contributed by atoms with Gasteiger partial charge in [-0.15, -0.1) is 0 Å². The number of hydrogen-bond donors (Lipinski definition) is 2. The smallest absolute Gasteiger partial charge is 0.240 e. The van der Waals surface area contributed by atoms with Gasteiger partial charge in [0.2, 0.25) is 10.0 Å². The number of sulfonamides is 1. The molecular formula is C17H23NO4S. The summed E-state index contributed by atoms with van der Waals surface area (Å²) in [6, 6.07) is 8.51. The Balaban J connectivity index is 2.19. The van der Waals surface area contributed by atoms with Gasteiger partial charge < -0.3 is 9.52 Å². The summed E-state index contributed by atoms with van der Waals surface area (Å²) in [5.74, 6) is 1.26. The summed E-state index contributed by atoms with van der Waals surface area (Å²) >= 11 is 0. The first-order valence-electron chi connectivity index (χ1n) is 7.54. The van der Waals surface area contributed by atoms with Gasteiger partial charge in [-0.25, -0.2) is 13.1 Å². The van der Waals surface area contributed by atoms with Gasteiger partial charge in [-0.1, -0.05) is 19.1 Å². The zero-order valence-electron chi connectivity index (χ0n) is 13.9. The lowest BCUT2D eigenvalue weighted by atomic mass is 9.97. The lowest BCUT2D eigenvalue weighted by Gasteiger charge is -2.23. The predicted molar refractivity (Wildman–Crippen MR) is 88.8 cm³/mol. The van der Waals surface area contributed by atoms with E-state index in [0.717, 1.165) is 12.0 Å². The van der Waals surface area contributed by atoms with E-state index in [0.29, 0.717) is 17.1 Å². The molecular weight excluding hydrogens is 314 g/mol. The Kier molecular flexibility index (Phi) is 4.98. The van der Waals surface area contributed by atoms with Gasteiger partial charge in [0.25, 0.3) is 0 Å². The predicted octanol–water partition coefficient (Wildman–Crippen LogP) is 2.64. The van der Waals surface area contributed by atoms with Crippen LogP contribution in [0.2, 0.25) is 0 Å². The maximum absolute atomic E-state index is 12.4. The SMILES string of the molecule is CCc1cccc(S(=O)(=O)NCC(C)(O)c2cc(C)oc2C)c1. The summed E-state index contributed by atoms with van der Waals surface area (Å²) in [6.45, 7) is 6.93. The number of aliphatic hydroxyl groups is 1. The van der Waals surface area contributed by atoms with Crippen LogP contribution in [0.1, 0.15) is 36.5 Å². The second kappa shape index (κ2) is 6.47. The largest absolute Gasteiger partial charge is 0.466 e. The van der Waals surface area contributed by atoms with E-state index in [2.05, 4.69) is 4.72 Å². The number of rotatable bonds is 6. The Morgan fingerprint density at radius 3 is 2.52 bits per heavy atom. The van der Waals surface area contributed by atoms with Crippen molar-refractivity contribution >= 4 is 10.0 Å². The fraction of sp³-hybridized carbons (Fsp3) is 0.412. The van der Waals surface area contributed by atoms with E-state index in [1.807, 2.05) is 13.0 Å². The van der Waals surface area contributed by atoms with E-state index in [4.69, 9.17) is 4.42 Å². The van der Waals surface area contributed by atoms with E-state index in [-0.39, 0.29) is 11.4 Å². The normalized spacial score (nSPS) is 14.7. The zero-order valence-corrected chi connectivity index (χ0v) is 14.7. The van der Waals surface area contributed by atoms with Crippen molar-refractivity contribution in [1.82, 2.24) is 4.72 Å². The zero-order chi connectivity index (χ0) is 17.3. The Hall–Kier alpha value is -1.63. The van der Waals surface area contributed by atoms with Crippen LogP contribution < -0.4 is 4.72 Å². The first kappa shape index (κ1) is 17.7. The van der Waals surface area contributed by atoms with Gasteiger partial charge >= 0.3 is 0 Å². The summed E-state index contributed by atoms with van der Waals surface area (Å²) in [4.78, 5) is 0.202. The number of hydrogen-bond acceptors (Lipinski definition) is 4. The van der Waals surface area contributed by atoms with E-state index in [9.17, 15) is 13.5 Å². The Morgan fingerprint density at radius 1 is 1.26 bits per heavy atom. The fourth-order valence-corrected chi connectivity index (χ4v) is 3.71. The quantitative estimate of drug-likeness (QED) is 0.849. The summed E-state index contributed by atoms with van der Waals surface area (Å²) in [6.07, 6.45) is 0.758. The molecule has 2 aromatic rings. The molecule has 0 spiro atoms. The van der Waals surface area contributed by atoms with Crippen molar-refractivity contribution in [3.8, 4) is 0 Å². The van der Waals surface area contributed by atoms with Crippen LogP contribution in [0.3, 0.4) is 0 Å². The third-order valence-electron chi connectivity index (χ3n) is 3.84. The number of benzene rings is 1. The van der Waals surface area contributed by atoms with Gasteiger partial charge in [0, 0.05) is 12.1 Å².